The Bertz CT molecular complexity index is 1400. The van der Waals surface area contributed by atoms with Gasteiger partial charge >= 0.3 is 5.97 Å². The monoisotopic (exact) mass is 640 g/mol. The number of nitrogens with two attached hydrogens (primary N) is 1. The fraction of sp³-hybridized carbons (Fsp3) is 0.273. The number of nitrogens with one attached hydrogen (secondary N) is 2. The molecule has 1 aromatic carbocycles. The second-order valence-corrected chi connectivity index (χ2v) is 10.9. The normalized spacial score (nSPS) is 18.8. The molecular weight excluding hydrogens is 620 g/mol. The Morgan fingerprint density at radius 1 is 1.33 bits per heavy atom. The summed E-state index contributed by atoms with van der Waals surface area (Å²) in [6, 6.07) is 1.31. The van der Waals surface area contributed by atoms with Gasteiger partial charge in [0.05, 0.1) is 4.47 Å². The molecule has 0 saturated carbocycles. The van der Waals surface area contributed by atoms with Crippen LogP contribution in [0.4, 0.5) is 5.13 Å². The van der Waals surface area contributed by atoms with Crippen molar-refractivity contribution in [1.29, 1.82) is 0 Å². The van der Waals surface area contributed by atoms with Crippen molar-refractivity contribution < 1.29 is 39.3 Å². The summed E-state index contributed by atoms with van der Waals surface area (Å²) in [5.41, 5.74) is 5.64. The number of carbonyl (C=O) groups is 4. The molecule has 1 unspecified atom stereocenters. The number of carboxylic acids is 1. The van der Waals surface area contributed by atoms with E-state index >= 15 is 0 Å². The van der Waals surface area contributed by atoms with Crippen LogP contribution in [0.3, 0.4) is 0 Å². The Balaban J connectivity index is 1.48. The Labute approximate surface area is 237 Å². The van der Waals surface area contributed by atoms with Crippen LogP contribution < -0.4 is 16.4 Å². The topological polar surface area (TPSA) is 217 Å². The molecule has 0 radical (unpaired) electrons. The Hall–Kier alpha value is -3.83. The van der Waals surface area contributed by atoms with Crippen LogP contribution in [0.2, 0.25) is 0 Å². The second-order valence-electron chi connectivity index (χ2n) is 8.06. The number of aromatic nitrogens is 1. The Morgan fingerprint density at radius 2 is 2.08 bits per heavy atom. The van der Waals surface area contributed by atoms with Crippen LogP contribution in [0.1, 0.15) is 23.0 Å². The number of carboxylic acid groups (broad SMARTS) is 1. The summed E-state index contributed by atoms with van der Waals surface area (Å²) >= 11 is 5.34. The van der Waals surface area contributed by atoms with E-state index in [-0.39, 0.29) is 56.7 Å². The zero-order chi connectivity index (χ0) is 28.4. The number of nitrogens with zero attached hydrogens (tertiary/aromatic N) is 3. The summed E-state index contributed by atoms with van der Waals surface area (Å²) < 4.78 is 0.0983. The number of phenols is 2. The fourth-order valence-electron chi connectivity index (χ4n) is 3.76. The van der Waals surface area contributed by atoms with Crippen molar-refractivity contribution in [1.82, 2.24) is 20.5 Å². The van der Waals surface area contributed by atoms with E-state index < -0.39 is 46.6 Å². The number of nitrogen functional groups attached to an aromatic ring is 1. The summed E-state index contributed by atoms with van der Waals surface area (Å²) in [5.74, 6) is -4.19. The van der Waals surface area contributed by atoms with E-state index in [1.807, 2.05) is 0 Å². The Morgan fingerprint density at radius 3 is 2.69 bits per heavy atom. The van der Waals surface area contributed by atoms with Gasteiger partial charge in [0.15, 0.2) is 22.3 Å². The lowest BCUT2D eigenvalue weighted by atomic mass is 10.0. The number of anilines is 1. The van der Waals surface area contributed by atoms with Crippen LogP contribution in [0, 0.1) is 0 Å². The number of phenolic OH excluding ortho intramolecular Hbond substituents is 2. The number of aliphatic carboxylic acids is 1. The number of halogens is 1. The summed E-state index contributed by atoms with van der Waals surface area (Å²) in [6.07, 6.45) is 0. The standard InChI is InChI=1S/C22H21BrN6O8S2/c1-2-37-28-13(11-7-39-22(24)26-11)18(33)27-14-19(34)29-15(21(35)36)9(6-38-20(14)29)5-25-17(32)8-3-10(23)16(31)12(30)4-8/h3-4,7,14,20,30-31H,2,5-6H2,1H3,(H2,24,26)(H,25,32)(H,27,33)(H,35,36)/b28-13-/t14-,20?/m1/s1. The fourth-order valence-corrected chi connectivity index (χ4v) is 6.11. The molecule has 2 aromatic rings. The molecule has 3 heterocycles. The van der Waals surface area contributed by atoms with Crippen LogP contribution in [0.15, 0.2) is 38.4 Å². The number of β-lactam (4-membered cyclic amide) rings is 1. The van der Waals surface area contributed by atoms with Crippen LogP contribution in [-0.2, 0) is 19.2 Å². The minimum Gasteiger partial charge on any atom is -0.504 e. The average Bonchev–Trinajstić information content (AvgIpc) is 3.33. The molecule has 0 spiro atoms. The lowest BCUT2D eigenvalue weighted by Crippen LogP contribution is -2.71. The van der Waals surface area contributed by atoms with Gasteiger partial charge in [-0.15, -0.1) is 23.1 Å². The van der Waals surface area contributed by atoms with Crippen LogP contribution >= 0.6 is 39.0 Å². The highest BCUT2D eigenvalue weighted by molar-refractivity contribution is 9.10. The number of rotatable bonds is 9. The first-order valence-corrected chi connectivity index (χ1v) is 13.9. The molecular formula is C22H21BrN6O8S2. The predicted octanol–water partition coefficient (Wildman–Crippen LogP) is 0.808. The zero-order valence-electron chi connectivity index (χ0n) is 20.0. The van der Waals surface area contributed by atoms with Crippen molar-refractivity contribution in [2.75, 3.05) is 24.6 Å². The van der Waals surface area contributed by atoms with Gasteiger partial charge in [-0.25, -0.2) is 9.78 Å². The zero-order valence-corrected chi connectivity index (χ0v) is 23.2. The maximum Gasteiger partial charge on any atom is 0.352 e. The van der Waals surface area contributed by atoms with Crippen LogP contribution in [-0.4, -0.2) is 84.9 Å². The number of thiazole rings is 1. The SMILES string of the molecule is CCO/N=C(\C(=O)N[C@@H]1C(=O)N2C(C(=O)O)=C(CNC(=O)c3cc(O)c(O)c(Br)c3)CSC12)c1csc(N)n1. The van der Waals surface area contributed by atoms with Crippen molar-refractivity contribution in [3.8, 4) is 11.5 Å². The Kier molecular flexibility index (Phi) is 8.31. The van der Waals surface area contributed by atoms with Gasteiger partial charge in [-0.3, -0.25) is 19.3 Å². The van der Waals surface area contributed by atoms with E-state index in [0.29, 0.717) is 0 Å². The largest absolute Gasteiger partial charge is 0.504 e. The molecule has 206 valence electrons. The number of aromatic hydroxyl groups is 2. The number of hydrogen-bond acceptors (Lipinski definition) is 12. The molecule has 4 rings (SSSR count). The molecule has 1 fully saturated rings. The summed E-state index contributed by atoms with van der Waals surface area (Å²) in [7, 11) is 0. The number of oxime groups is 1. The third-order valence-electron chi connectivity index (χ3n) is 5.57. The molecule has 39 heavy (non-hydrogen) atoms. The summed E-state index contributed by atoms with van der Waals surface area (Å²) in [5, 5.41) is 39.2. The molecule has 14 nitrogen and oxygen atoms in total. The average molecular weight is 641 g/mol. The van der Waals surface area contributed by atoms with Crippen LogP contribution in [0.25, 0.3) is 0 Å². The van der Waals surface area contributed by atoms with Gasteiger partial charge < -0.3 is 36.5 Å². The van der Waals surface area contributed by atoms with Gasteiger partial charge in [0, 0.05) is 23.2 Å². The molecule has 17 heteroatoms. The van der Waals surface area contributed by atoms with Gasteiger partial charge in [0.2, 0.25) is 0 Å². The first-order valence-electron chi connectivity index (χ1n) is 11.1. The van der Waals surface area contributed by atoms with Crippen molar-refractivity contribution >= 4 is 73.6 Å². The molecule has 3 amide bonds. The van der Waals surface area contributed by atoms with Gasteiger partial charge in [-0.05, 0) is 40.6 Å². The molecule has 0 aliphatic carbocycles. The van der Waals surface area contributed by atoms with E-state index in [4.69, 9.17) is 10.6 Å². The van der Waals surface area contributed by atoms with E-state index in [9.17, 15) is 34.5 Å². The number of thioether (sulfide) groups is 1. The van der Waals surface area contributed by atoms with Crippen LogP contribution in [0.5, 0.6) is 11.5 Å². The lowest BCUT2D eigenvalue weighted by Gasteiger charge is -2.49. The summed E-state index contributed by atoms with van der Waals surface area (Å²) in [4.78, 5) is 60.7. The lowest BCUT2D eigenvalue weighted by molar-refractivity contribution is -0.150. The molecule has 2 atom stereocenters. The number of amides is 3. The number of hydrogen-bond donors (Lipinski definition) is 6. The van der Waals surface area contributed by atoms with Gasteiger partial charge in [-0.2, -0.15) is 0 Å². The predicted molar refractivity (Wildman–Crippen MR) is 144 cm³/mol. The van der Waals surface area contributed by atoms with E-state index in [1.165, 1.54) is 23.2 Å². The first-order chi connectivity index (χ1) is 18.5. The van der Waals surface area contributed by atoms with Crippen molar-refractivity contribution in [3.63, 3.8) is 0 Å². The quantitative estimate of drug-likeness (QED) is 0.0975. The molecule has 1 saturated heterocycles. The third kappa shape index (κ3) is 5.64. The number of benzene rings is 1. The smallest absolute Gasteiger partial charge is 0.352 e. The molecule has 2 aliphatic heterocycles. The van der Waals surface area contributed by atoms with Gasteiger partial charge in [0.25, 0.3) is 17.7 Å². The van der Waals surface area contributed by atoms with Crippen molar-refractivity contribution in [2.24, 2.45) is 5.16 Å². The van der Waals surface area contributed by atoms with Crippen molar-refractivity contribution in [3.05, 3.63) is 44.5 Å². The van der Waals surface area contributed by atoms with E-state index in [2.05, 4.69) is 36.7 Å². The molecule has 2 aliphatic rings. The highest BCUT2D eigenvalue weighted by Crippen LogP contribution is 2.40. The summed E-state index contributed by atoms with van der Waals surface area (Å²) in [6.45, 7) is 1.66. The first kappa shape index (κ1) is 28.2. The third-order valence-corrected chi connectivity index (χ3v) is 8.19. The highest BCUT2D eigenvalue weighted by Gasteiger charge is 2.54. The molecule has 7 N–H and O–H groups in total. The minimum atomic E-state index is -1.37. The van der Waals surface area contributed by atoms with Gasteiger partial charge in [-0.1, -0.05) is 5.16 Å². The maximum atomic E-state index is 13.0. The maximum absolute atomic E-state index is 13.0. The number of fused-ring (bicyclic) bond motifs is 1. The van der Waals surface area contributed by atoms with E-state index in [0.717, 1.165) is 22.3 Å². The highest BCUT2D eigenvalue weighted by atomic mass is 79.9. The molecule has 1 aromatic heterocycles. The van der Waals surface area contributed by atoms with E-state index in [1.54, 1.807) is 6.92 Å². The number of carbonyl (C=O) groups excluding carboxylic acids is 3. The minimum absolute atomic E-state index is 0.0187. The van der Waals surface area contributed by atoms with Gasteiger partial charge in [0.1, 0.15) is 29.4 Å². The second kappa shape index (κ2) is 11.5. The van der Waals surface area contributed by atoms with Crippen molar-refractivity contribution in [2.45, 2.75) is 18.3 Å². The molecule has 0 bridgehead atoms.